The third-order valence-electron chi connectivity index (χ3n) is 1.39. The Morgan fingerprint density at radius 1 is 1.67 bits per heavy atom. The van der Waals surface area contributed by atoms with Crippen LogP contribution in [0.2, 0.25) is 0 Å². The Balaban J connectivity index is 2.18. The number of amides is 1. The van der Waals surface area contributed by atoms with Gasteiger partial charge in [-0.1, -0.05) is 11.3 Å². The molecule has 1 N–H and O–H groups in total. The molecule has 1 aromatic heterocycles. The first kappa shape index (κ1) is 12.6. The van der Waals surface area contributed by atoms with Crippen LogP contribution in [0.15, 0.2) is 9.98 Å². The lowest BCUT2D eigenvalue weighted by Crippen LogP contribution is -2.19. The molecule has 84 valence electrons. The van der Waals surface area contributed by atoms with E-state index >= 15 is 0 Å². The summed E-state index contributed by atoms with van der Waals surface area (Å²) in [4.78, 5) is 15.2. The molecule has 0 saturated carbocycles. The molecule has 0 aliphatic carbocycles. The summed E-state index contributed by atoms with van der Waals surface area (Å²) in [5.41, 5.74) is 0. The summed E-state index contributed by atoms with van der Waals surface area (Å²) in [6, 6.07) is 0. The molecule has 0 bridgehead atoms. The Bertz CT molecular complexity index is 319. The number of hydrogen-bond donors (Lipinski definition) is 1. The molecular formula is C8H11BrN2O3S. The van der Waals surface area contributed by atoms with Gasteiger partial charge in [0.25, 0.3) is 5.91 Å². The number of ether oxygens (including phenoxy) is 2. The predicted molar refractivity (Wildman–Crippen MR) is 61.1 cm³/mol. The number of rotatable bonds is 6. The largest absolute Gasteiger partial charge is 0.382 e. The van der Waals surface area contributed by atoms with Gasteiger partial charge in [0.1, 0.15) is 6.61 Å². The zero-order valence-electron chi connectivity index (χ0n) is 8.16. The first-order valence-electron chi connectivity index (χ1n) is 4.20. The molecule has 0 radical (unpaired) electrons. The van der Waals surface area contributed by atoms with Crippen LogP contribution >= 0.6 is 27.3 Å². The minimum absolute atomic E-state index is 0.0144. The van der Waals surface area contributed by atoms with Crippen molar-refractivity contribution in [3.05, 3.63) is 9.98 Å². The summed E-state index contributed by atoms with van der Waals surface area (Å²) >= 11 is 4.61. The third-order valence-corrected chi connectivity index (χ3v) is 2.78. The van der Waals surface area contributed by atoms with E-state index in [0.717, 1.165) is 3.79 Å². The molecule has 1 aromatic rings. The van der Waals surface area contributed by atoms with Crippen molar-refractivity contribution in [2.24, 2.45) is 0 Å². The minimum atomic E-state index is -0.215. The average Bonchev–Trinajstić information content (AvgIpc) is 2.59. The normalized spacial score (nSPS) is 10.3. The van der Waals surface area contributed by atoms with Crippen LogP contribution in [0.25, 0.3) is 0 Å². The van der Waals surface area contributed by atoms with Gasteiger partial charge in [0.2, 0.25) is 0 Å². The van der Waals surface area contributed by atoms with Crippen molar-refractivity contribution < 1.29 is 14.3 Å². The molecule has 0 unspecified atom stereocenters. The molecule has 0 saturated heterocycles. The number of nitrogens with one attached hydrogen (secondary N) is 1. The number of carbonyl (C=O) groups excluding carboxylic acids is 1. The van der Waals surface area contributed by atoms with Crippen molar-refractivity contribution in [2.45, 2.75) is 0 Å². The number of nitrogens with zero attached hydrogens (tertiary/aromatic N) is 1. The van der Waals surface area contributed by atoms with Gasteiger partial charge >= 0.3 is 0 Å². The zero-order valence-corrected chi connectivity index (χ0v) is 10.6. The lowest BCUT2D eigenvalue weighted by molar-refractivity contribution is -0.121. The van der Waals surface area contributed by atoms with Crippen LogP contribution in [0.3, 0.4) is 0 Å². The van der Waals surface area contributed by atoms with Gasteiger partial charge in [0.15, 0.2) is 5.13 Å². The first-order valence-corrected chi connectivity index (χ1v) is 5.81. The second-order valence-corrected chi connectivity index (χ2v) is 4.97. The number of thiazole rings is 1. The van der Waals surface area contributed by atoms with Crippen molar-refractivity contribution in [1.29, 1.82) is 0 Å². The highest BCUT2D eigenvalue weighted by Crippen LogP contribution is 2.22. The highest BCUT2D eigenvalue weighted by molar-refractivity contribution is 9.11. The Hall–Kier alpha value is -0.500. The van der Waals surface area contributed by atoms with Gasteiger partial charge < -0.3 is 9.47 Å². The highest BCUT2D eigenvalue weighted by atomic mass is 79.9. The van der Waals surface area contributed by atoms with Gasteiger partial charge in [-0.2, -0.15) is 0 Å². The van der Waals surface area contributed by atoms with Gasteiger partial charge in [-0.25, -0.2) is 4.98 Å². The number of aromatic nitrogens is 1. The van der Waals surface area contributed by atoms with Crippen LogP contribution in [0.1, 0.15) is 0 Å². The monoisotopic (exact) mass is 294 g/mol. The van der Waals surface area contributed by atoms with Crippen molar-refractivity contribution in [3.63, 3.8) is 0 Å². The molecule has 15 heavy (non-hydrogen) atoms. The van der Waals surface area contributed by atoms with Crippen LogP contribution in [-0.4, -0.2) is 37.8 Å². The van der Waals surface area contributed by atoms with Crippen molar-refractivity contribution >= 4 is 38.3 Å². The smallest absolute Gasteiger partial charge is 0.252 e. The molecule has 1 heterocycles. The molecule has 0 fully saturated rings. The van der Waals surface area contributed by atoms with Crippen LogP contribution in [-0.2, 0) is 14.3 Å². The van der Waals surface area contributed by atoms with Gasteiger partial charge in [-0.15, -0.1) is 0 Å². The van der Waals surface area contributed by atoms with Crippen LogP contribution < -0.4 is 5.32 Å². The van der Waals surface area contributed by atoms with Crippen LogP contribution in [0.5, 0.6) is 0 Å². The molecule has 0 aliphatic rings. The van der Waals surface area contributed by atoms with Crippen molar-refractivity contribution in [2.75, 3.05) is 32.2 Å². The Morgan fingerprint density at radius 2 is 2.47 bits per heavy atom. The molecule has 0 aromatic carbocycles. The molecule has 0 atom stereocenters. The summed E-state index contributed by atoms with van der Waals surface area (Å²) in [5.74, 6) is -0.215. The Kier molecular flexibility index (Phi) is 5.77. The number of halogens is 1. The topological polar surface area (TPSA) is 60.5 Å². The summed E-state index contributed by atoms with van der Waals surface area (Å²) in [6.07, 6.45) is 1.63. The van der Waals surface area contributed by atoms with E-state index in [-0.39, 0.29) is 12.5 Å². The zero-order chi connectivity index (χ0) is 11.1. The van der Waals surface area contributed by atoms with Gasteiger partial charge in [-0.3, -0.25) is 10.1 Å². The number of hydrogen-bond acceptors (Lipinski definition) is 5. The average molecular weight is 295 g/mol. The number of anilines is 1. The van der Waals surface area contributed by atoms with E-state index in [0.29, 0.717) is 18.3 Å². The quantitative estimate of drug-likeness (QED) is 0.808. The molecule has 0 aliphatic heterocycles. The SMILES string of the molecule is COCCOCC(=O)Nc1ncc(Br)s1. The fourth-order valence-corrected chi connectivity index (χ4v) is 1.90. The van der Waals surface area contributed by atoms with E-state index in [1.54, 1.807) is 13.3 Å². The van der Waals surface area contributed by atoms with Crippen molar-refractivity contribution in [3.8, 4) is 0 Å². The van der Waals surface area contributed by atoms with E-state index in [4.69, 9.17) is 9.47 Å². The molecule has 0 spiro atoms. The van der Waals surface area contributed by atoms with E-state index in [1.807, 2.05) is 0 Å². The van der Waals surface area contributed by atoms with E-state index < -0.39 is 0 Å². The van der Waals surface area contributed by atoms with Crippen LogP contribution in [0.4, 0.5) is 5.13 Å². The lowest BCUT2D eigenvalue weighted by Gasteiger charge is -2.02. The number of methoxy groups -OCH3 is 1. The van der Waals surface area contributed by atoms with Gasteiger partial charge in [0, 0.05) is 7.11 Å². The molecule has 1 amide bonds. The molecule has 7 heteroatoms. The second-order valence-electron chi connectivity index (χ2n) is 2.56. The van der Waals surface area contributed by atoms with Crippen molar-refractivity contribution in [1.82, 2.24) is 4.98 Å². The highest BCUT2D eigenvalue weighted by Gasteiger charge is 2.05. The molecule has 1 rings (SSSR count). The summed E-state index contributed by atoms with van der Waals surface area (Å²) in [6.45, 7) is 0.905. The van der Waals surface area contributed by atoms with Gasteiger partial charge in [-0.05, 0) is 15.9 Å². The Labute approximate surface area is 99.9 Å². The number of carbonyl (C=O) groups is 1. The second kappa shape index (κ2) is 6.89. The third kappa shape index (κ3) is 5.22. The fraction of sp³-hybridized carbons (Fsp3) is 0.500. The maximum atomic E-state index is 11.3. The fourth-order valence-electron chi connectivity index (χ4n) is 0.775. The lowest BCUT2D eigenvalue weighted by atomic mass is 10.6. The minimum Gasteiger partial charge on any atom is -0.382 e. The van der Waals surface area contributed by atoms with Crippen LogP contribution in [0, 0.1) is 0 Å². The maximum Gasteiger partial charge on any atom is 0.252 e. The standard InChI is InChI=1S/C8H11BrN2O3S/c1-13-2-3-14-5-7(12)11-8-10-4-6(9)15-8/h4H,2-3,5H2,1H3,(H,10,11,12). The Morgan fingerprint density at radius 3 is 3.07 bits per heavy atom. The molecule has 5 nitrogen and oxygen atoms in total. The summed E-state index contributed by atoms with van der Waals surface area (Å²) in [7, 11) is 1.58. The van der Waals surface area contributed by atoms with E-state index in [1.165, 1.54) is 11.3 Å². The van der Waals surface area contributed by atoms with Gasteiger partial charge in [0.05, 0.1) is 23.2 Å². The van der Waals surface area contributed by atoms with E-state index in [2.05, 4.69) is 26.2 Å². The first-order chi connectivity index (χ1) is 7.22. The summed E-state index contributed by atoms with van der Waals surface area (Å²) in [5, 5.41) is 3.17. The molecular weight excluding hydrogens is 284 g/mol. The van der Waals surface area contributed by atoms with E-state index in [9.17, 15) is 4.79 Å². The summed E-state index contributed by atoms with van der Waals surface area (Å²) < 4.78 is 10.7. The maximum absolute atomic E-state index is 11.3. The predicted octanol–water partition coefficient (Wildman–Crippen LogP) is 1.51.